The molecule has 1 aromatic carbocycles. The standard InChI is InChI=1S/C14H17N3O/c1-18-13-6-4-12(5-7-13)17-14(10-2-3-10)11(8-15)9-16-17/h4-7,9-10H,2-3,8,15H2,1H3. The van der Waals surface area contributed by atoms with Gasteiger partial charge in [0.2, 0.25) is 0 Å². The molecule has 1 aliphatic carbocycles. The van der Waals surface area contributed by atoms with Crippen molar-refractivity contribution < 1.29 is 4.74 Å². The Bertz CT molecular complexity index is 541. The van der Waals surface area contributed by atoms with Gasteiger partial charge in [-0.15, -0.1) is 0 Å². The molecule has 94 valence electrons. The normalized spacial score (nSPS) is 14.8. The molecule has 4 heteroatoms. The summed E-state index contributed by atoms with van der Waals surface area (Å²) >= 11 is 0. The molecule has 4 nitrogen and oxygen atoms in total. The molecule has 0 unspecified atom stereocenters. The molecule has 2 aromatic rings. The van der Waals surface area contributed by atoms with Gasteiger partial charge in [0.25, 0.3) is 0 Å². The smallest absolute Gasteiger partial charge is 0.119 e. The summed E-state index contributed by atoms with van der Waals surface area (Å²) in [4.78, 5) is 0. The van der Waals surface area contributed by atoms with Crippen LogP contribution in [-0.4, -0.2) is 16.9 Å². The second-order valence-corrected chi connectivity index (χ2v) is 4.64. The Hall–Kier alpha value is -1.81. The number of hydrogen-bond acceptors (Lipinski definition) is 3. The zero-order valence-electron chi connectivity index (χ0n) is 10.5. The van der Waals surface area contributed by atoms with Gasteiger partial charge >= 0.3 is 0 Å². The average molecular weight is 243 g/mol. The fraction of sp³-hybridized carbons (Fsp3) is 0.357. The van der Waals surface area contributed by atoms with Gasteiger partial charge in [0, 0.05) is 18.0 Å². The molecule has 0 bridgehead atoms. The van der Waals surface area contributed by atoms with Gasteiger partial charge in [-0.05, 0) is 37.1 Å². The summed E-state index contributed by atoms with van der Waals surface area (Å²) in [6.07, 6.45) is 4.38. The van der Waals surface area contributed by atoms with Crippen LogP contribution in [0.2, 0.25) is 0 Å². The Morgan fingerprint density at radius 2 is 2.06 bits per heavy atom. The second-order valence-electron chi connectivity index (χ2n) is 4.64. The number of aromatic nitrogens is 2. The zero-order valence-corrected chi connectivity index (χ0v) is 10.5. The summed E-state index contributed by atoms with van der Waals surface area (Å²) in [6, 6.07) is 7.96. The summed E-state index contributed by atoms with van der Waals surface area (Å²) in [5, 5.41) is 4.47. The van der Waals surface area contributed by atoms with Crippen LogP contribution in [0.15, 0.2) is 30.5 Å². The molecular weight excluding hydrogens is 226 g/mol. The first-order chi connectivity index (χ1) is 8.83. The Balaban J connectivity index is 2.02. The minimum absolute atomic E-state index is 0.558. The van der Waals surface area contributed by atoms with E-state index in [0.717, 1.165) is 17.0 Å². The van der Waals surface area contributed by atoms with E-state index in [2.05, 4.69) is 5.10 Å². The van der Waals surface area contributed by atoms with Gasteiger partial charge in [-0.1, -0.05) is 0 Å². The third kappa shape index (κ3) is 1.88. The largest absolute Gasteiger partial charge is 0.497 e. The third-order valence-electron chi connectivity index (χ3n) is 3.39. The number of rotatable bonds is 4. The van der Waals surface area contributed by atoms with E-state index in [1.54, 1.807) is 7.11 Å². The summed E-state index contributed by atoms with van der Waals surface area (Å²) in [5.41, 5.74) is 9.29. The van der Waals surface area contributed by atoms with Crippen molar-refractivity contribution in [3.63, 3.8) is 0 Å². The summed E-state index contributed by atoms with van der Waals surface area (Å²) < 4.78 is 7.18. The average Bonchev–Trinajstić information content (AvgIpc) is 3.18. The van der Waals surface area contributed by atoms with Gasteiger partial charge in [-0.3, -0.25) is 0 Å². The van der Waals surface area contributed by atoms with Crippen molar-refractivity contribution in [1.82, 2.24) is 9.78 Å². The molecular formula is C14H17N3O. The molecule has 1 aliphatic rings. The zero-order chi connectivity index (χ0) is 12.5. The summed E-state index contributed by atoms with van der Waals surface area (Å²) in [7, 11) is 1.67. The van der Waals surface area contributed by atoms with E-state index in [1.807, 2.05) is 35.1 Å². The first-order valence-corrected chi connectivity index (χ1v) is 6.24. The van der Waals surface area contributed by atoms with Crippen LogP contribution in [0, 0.1) is 0 Å². The van der Waals surface area contributed by atoms with Crippen LogP contribution in [0.1, 0.15) is 30.0 Å². The first kappa shape index (κ1) is 11.3. The maximum Gasteiger partial charge on any atom is 0.119 e. The molecule has 0 aliphatic heterocycles. The number of methoxy groups -OCH3 is 1. The Morgan fingerprint density at radius 3 is 2.61 bits per heavy atom. The molecule has 0 radical (unpaired) electrons. The highest BCUT2D eigenvalue weighted by Crippen LogP contribution is 2.42. The predicted molar refractivity (Wildman–Crippen MR) is 70.0 cm³/mol. The second kappa shape index (κ2) is 4.46. The van der Waals surface area contributed by atoms with Crippen molar-refractivity contribution in [1.29, 1.82) is 0 Å². The van der Waals surface area contributed by atoms with Crippen LogP contribution in [0.4, 0.5) is 0 Å². The molecule has 1 aromatic heterocycles. The van der Waals surface area contributed by atoms with Gasteiger partial charge in [-0.2, -0.15) is 5.10 Å². The quantitative estimate of drug-likeness (QED) is 0.895. The van der Waals surface area contributed by atoms with E-state index in [4.69, 9.17) is 10.5 Å². The van der Waals surface area contributed by atoms with Crippen LogP contribution < -0.4 is 10.5 Å². The lowest BCUT2D eigenvalue weighted by molar-refractivity contribution is 0.414. The molecule has 1 saturated carbocycles. The predicted octanol–water partition coefficient (Wildman–Crippen LogP) is 2.22. The molecule has 0 amide bonds. The summed E-state index contributed by atoms with van der Waals surface area (Å²) in [6.45, 7) is 0.558. The van der Waals surface area contributed by atoms with Crippen LogP contribution >= 0.6 is 0 Å². The van der Waals surface area contributed by atoms with E-state index in [9.17, 15) is 0 Å². The van der Waals surface area contributed by atoms with Crippen LogP contribution in [0.25, 0.3) is 5.69 Å². The van der Waals surface area contributed by atoms with Crippen molar-refractivity contribution in [3.8, 4) is 11.4 Å². The van der Waals surface area contributed by atoms with Gasteiger partial charge in [0.15, 0.2) is 0 Å². The number of ether oxygens (including phenoxy) is 1. The number of benzene rings is 1. The number of nitrogens with zero attached hydrogens (tertiary/aromatic N) is 2. The molecule has 18 heavy (non-hydrogen) atoms. The Morgan fingerprint density at radius 1 is 1.33 bits per heavy atom. The molecule has 3 rings (SSSR count). The minimum atomic E-state index is 0.558. The Kier molecular flexibility index (Phi) is 2.80. The maximum absolute atomic E-state index is 5.78. The molecule has 0 atom stereocenters. The lowest BCUT2D eigenvalue weighted by atomic mass is 10.1. The van der Waals surface area contributed by atoms with Crippen molar-refractivity contribution in [3.05, 3.63) is 41.7 Å². The molecule has 1 fully saturated rings. The number of nitrogens with two attached hydrogens (primary N) is 1. The van der Waals surface area contributed by atoms with Crippen LogP contribution in [0.3, 0.4) is 0 Å². The van der Waals surface area contributed by atoms with Crippen molar-refractivity contribution in [2.75, 3.05) is 7.11 Å². The Labute approximate surface area is 106 Å². The lowest BCUT2D eigenvalue weighted by Gasteiger charge is -2.09. The van der Waals surface area contributed by atoms with Gasteiger partial charge < -0.3 is 10.5 Å². The monoisotopic (exact) mass is 243 g/mol. The summed E-state index contributed by atoms with van der Waals surface area (Å²) in [5.74, 6) is 1.49. The van der Waals surface area contributed by atoms with Crippen molar-refractivity contribution in [2.24, 2.45) is 5.73 Å². The molecule has 2 N–H and O–H groups in total. The highest BCUT2D eigenvalue weighted by Gasteiger charge is 2.30. The van der Waals surface area contributed by atoms with Crippen LogP contribution in [-0.2, 0) is 6.54 Å². The van der Waals surface area contributed by atoms with Gasteiger partial charge in [-0.25, -0.2) is 4.68 Å². The SMILES string of the molecule is COc1ccc(-n2ncc(CN)c2C2CC2)cc1. The van der Waals surface area contributed by atoms with E-state index in [0.29, 0.717) is 12.5 Å². The maximum atomic E-state index is 5.78. The van der Waals surface area contributed by atoms with Crippen molar-refractivity contribution >= 4 is 0 Å². The van der Waals surface area contributed by atoms with E-state index in [1.165, 1.54) is 18.5 Å². The number of hydrogen-bond donors (Lipinski definition) is 1. The fourth-order valence-corrected chi connectivity index (χ4v) is 2.27. The van der Waals surface area contributed by atoms with E-state index >= 15 is 0 Å². The minimum Gasteiger partial charge on any atom is -0.497 e. The highest BCUT2D eigenvalue weighted by molar-refractivity contribution is 5.41. The van der Waals surface area contributed by atoms with Gasteiger partial charge in [0.05, 0.1) is 24.7 Å². The highest BCUT2D eigenvalue weighted by atomic mass is 16.5. The van der Waals surface area contributed by atoms with E-state index < -0.39 is 0 Å². The lowest BCUT2D eigenvalue weighted by Crippen LogP contribution is -2.04. The topological polar surface area (TPSA) is 53.1 Å². The van der Waals surface area contributed by atoms with Crippen molar-refractivity contribution in [2.45, 2.75) is 25.3 Å². The van der Waals surface area contributed by atoms with E-state index in [-0.39, 0.29) is 0 Å². The molecule has 1 heterocycles. The van der Waals surface area contributed by atoms with Gasteiger partial charge in [0.1, 0.15) is 5.75 Å². The fourth-order valence-electron chi connectivity index (χ4n) is 2.27. The third-order valence-corrected chi connectivity index (χ3v) is 3.39. The first-order valence-electron chi connectivity index (χ1n) is 6.24. The molecule has 0 spiro atoms. The molecule has 0 saturated heterocycles. The van der Waals surface area contributed by atoms with Crippen LogP contribution in [0.5, 0.6) is 5.75 Å².